The average molecular weight is 283 g/mol. The number of halogens is 2. The molecule has 0 spiro atoms. The minimum atomic E-state index is -0.571. The SMILES string of the molecule is CNC(c1snnc1C(C)C)c1c(F)cccc1F. The maximum Gasteiger partial charge on any atom is 0.131 e. The van der Waals surface area contributed by atoms with Gasteiger partial charge in [-0.2, -0.15) is 0 Å². The van der Waals surface area contributed by atoms with Crippen LogP contribution in [0, 0.1) is 11.6 Å². The van der Waals surface area contributed by atoms with Crippen LogP contribution in [-0.2, 0) is 0 Å². The predicted octanol–water partition coefficient (Wildman–Crippen LogP) is 3.25. The molecule has 0 aliphatic rings. The summed E-state index contributed by atoms with van der Waals surface area (Å²) >= 11 is 1.17. The summed E-state index contributed by atoms with van der Waals surface area (Å²) in [5.74, 6) is -0.982. The summed E-state index contributed by atoms with van der Waals surface area (Å²) in [6.45, 7) is 3.95. The van der Waals surface area contributed by atoms with Crippen molar-refractivity contribution in [2.45, 2.75) is 25.8 Å². The van der Waals surface area contributed by atoms with Gasteiger partial charge in [0.15, 0.2) is 0 Å². The van der Waals surface area contributed by atoms with Crippen LogP contribution in [-0.4, -0.2) is 16.6 Å². The molecule has 1 heterocycles. The van der Waals surface area contributed by atoms with E-state index in [1.54, 1.807) is 7.05 Å². The van der Waals surface area contributed by atoms with Gasteiger partial charge in [-0.3, -0.25) is 0 Å². The first kappa shape index (κ1) is 14.0. The van der Waals surface area contributed by atoms with E-state index in [4.69, 9.17) is 0 Å². The number of rotatable bonds is 4. The standard InChI is InChI=1S/C13H15F2N3S/c1-7(2)11-13(19-18-17-11)12(16-3)10-8(14)5-4-6-9(10)15/h4-7,12,16H,1-3H3. The third-order valence-corrected chi connectivity index (χ3v) is 3.73. The summed E-state index contributed by atoms with van der Waals surface area (Å²) in [7, 11) is 1.67. The smallest absolute Gasteiger partial charge is 0.131 e. The molecular formula is C13H15F2N3S. The summed E-state index contributed by atoms with van der Waals surface area (Å²) in [5.41, 5.74) is 0.782. The quantitative estimate of drug-likeness (QED) is 0.936. The number of benzene rings is 1. The minimum absolute atomic E-state index is 0.0120. The molecule has 0 fully saturated rings. The molecule has 102 valence electrons. The Morgan fingerprint density at radius 2 is 1.84 bits per heavy atom. The molecule has 19 heavy (non-hydrogen) atoms. The largest absolute Gasteiger partial charge is 0.308 e. The highest BCUT2D eigenvalue weighted by Gasteiger charge is 2.26. The van der Waals surface area contributed by atoms with Crippen molar-refractivity contribution < 1.29 is 8.78 Å². The van der Waals surface area contributed by atoms with Gasteiger partial charge in [0.1, 0.15) is 11.6 Å². The van der Waals surface area contributed by atoms with E-state index in [2.05, 4.69) is 14.9 Å². The molecule has 2 rings (SSSR count). The fraction of sp³-hybridized carbons (Fsp3) is 0.385. The predicted molar refractivity (Wildman–Crippen MR) is 71.3 cm³/mol. The van der Waals surface area contributed by atoms with Gasteiger partial charge in [0.25, 0.3) is 0 Å². The molecule has 2 aromatic rings. The Bertz CT molecular complexity index is 549. The molecular weight excluding hydrogens is 268 g/mol. The first-order chi connectivity index (χ1) is 9.06. The van der Waals surface area contributed by atoms with E-state index in [-0.39, 0.29) is 11.5 Å². The molecule has 1 N–H and O–H groups in total. The van der Waals surface area contributed by atoms with E-state index in [9.17, 15) is 8.78 Å². The second-order valence-corrected chi connectivity index (χ2v) is 5.32. The minimum Gasteiger partial charge on any atom is -0.308 e. The van der Waals surface area contributed by atoms with Gasteiger partial charge < -0.3 is 5.32 Å². The van der Waals surface area contributed by atoms with Crippen LogP contribution in [0.3, 0.4) is 0 Å². The Labute approximate surface area is 114 Å². The molecule has 0 radical (unpaired) electrons. The summed E-state index contributed by atoms with van der Waals surface area (Å²) in [4.78, 5) is 0.751. The highest BCUT2D eigenvalue weighted by atomic mass is 32.1. The van der Waals surface area contributed by atoms with E-state index in [0.29, 0.717) is 0 Å². The molecule has 6 heteroatoms. The monoisotopic (exact) mass is 283 g/mol. The van der Waals surface area contributed by atoms with E-state index in [0.717, 1.165) is 10.6 Å². The number of nitrogens with one attached hydrogen (secondary N) is 1. The molecule has 1 aromatic heterocycles. The van der Waals surface area contributed by atoms with Gasteiger partial charge in [-0.25, -0.2) is 8.78 Å². The third kappa shape index (κ3) is 2.64. The second-order valence-electron chi connectivity index (χ2n) is 4.53. The van der Waals surface area contributed by atoms with Crippen molar-refractivity contribution >= 4 is 11.5 Å². The van der Waals surface area contributed by atoms with Crippen LogP contribution in [0.4, 0.5) is 8.78 Å². The van der Waals surface area contributed by atoms with Crippen molar-refractivity contribution in [1.82, 2.24) is 14.9 Å². The van der Waals surface area contributed by atoms with E-state index in [1.807, 2.05) is 13.8 Å². The molecule has 3 nitrogen and oxygen atoms in total. The fourth-order valence-corrected chi connectivity index (χ4v) is 2.93. The molecule has 0 aliphatic carbocycles. The van der Waals surface area contributed by atoms with Gasteiger partial charge in [-0.05, 0) is 36.6 Å². The van der Waals surface area contributed by atoms with Crippen LogP contribution < -0.4 is 5.32 Å². The number of nitrogens with zero attached hydrogens (tertiary/aromatic N) is 2. The van der Waals surface area contributed by atoms with Crippen molar-refractivity contribution in [2.24, 2.45) is 0 Å². The zero-order valence-corrected chi connectivity index (χ0v) is 11.8. The van der Waals surface area contributed by atoms with Crippen molar-refractivity contribution in [3.8, 4) is 0 Å². The maximum absolute atomic E-state index is 13.9. The lowest BCUT2D eigenvalue weighted by atomic mass is 9.99. The Kier molecular flexibility index (Phi) is 4.21. The summed E-state index contributed by atoms with van der Waals surface area (Å²) in [5, 5.41) is 7.00. The van der Waals surface area contributed by atoms with Crippen LogP contribution in [0.1, 0.15) is 41.9 Å². The molecule has 0 amide bonds. The first-order valence-corrected chi connectivity index (χ1v) is 6.77. The van der Waals surface area contributed by atoms with E-state index < -0.39 is 17.7 Å². The van der Waals surface area contributed by atoms with Crippen molar-refractivity contribution in [1.29, 1.82) is 0 Å². The Hall–Kier alpha value is -1.40. The van der Waals surface area contributed by atoms with Crippen LogP contribution in [0.25, 0.3) is 0 Å². The molecule has 0 bridgehead atoms. The van der Waals surface area contributed by atoms with Crippen molar-refractivity contribution in [3.63, 3.8) is 0 Å². The van der Waals surface area contributed by atoms with Crippen molar-refractivity contribution in [3.05, 3.63) is 46.0 Å². The summed E-state index contributed by atoms with van der Waals surface area (Å²) < 4.78 is 31.7. The summed E-state index contributed by atoms with van der Waals surface area (Å²) in [6.07, 6.45) is 0. The lowest BCUT2D eigenvalue weighted by Crippen LogP contribution is -2.21. The molecule has 1 atom stereocenters. The van der Waals surface area contributed by atoms with Crippen LogP contribution >= 0.6 is 11.5 Å². The van der Waals surface area contributed by atoms with Crippen LogP contribution in [0.2, 0.25) is 0 Å². The molecule has 1 aromatic carbocycles. The highest BCUT2D eigenvalue weighted by Crippen LogP contribution is 2.32. The van der Waals surface area contributed by atoms with Crippen LogP contribution in [0.5, 0.6) is 0 Å². The van der Waals surface area contributed by atoms with Gasteiger partial charge >= 0.3 is 0 Å². The van der Waals surface area contributed by atoms with Gasteiger partial charge in [-0.15, -0.1) is 5.10 Å². The molecule has 0 saturated heterocycles. The Balaban J connectivity index is 2.54. The Morgan fingerprint density at radius 1 is 1.21 bits per heavy atom. The van der Waals surface area contributed by atoms with Gasteiger partial charge in [0.05, 0.1) is 16.6 Å². The lowest BCUT2D eigenvalue weighted by Gasteiger charge is -2.18. The first-order valence-electron chi connectivity index (χ1n) is 5.99. The topological polar surface area (TPSA) is 37.8 Å². The maximum atomic E-state index is 13.9. The van der Waals surface area contributed by atoms with E-state index >= 15 is 0 Å². The number of hydrogen-bond acceptors (Lipinski definition) is 4. The lowest BCUT2D eigenvalue weighted by molar-refractivity contribution is 0.522. The normalized spacial score (nSPS) is 12.9. The zero-order valence-electron chi connectivity index (χ0n) is 10.9. The van der Waals surface area contributed by atoms with Gasteiger partial charge in [0.2, 0.25) is 0 Å². The zero-order chi connectivity index (χ0) is 14.0. The molecule has 0 saturated carbocycles. The van der Waals surface area contributed by atoms with Crippen molar-refractivity contribution in [2.75, 3.05) is 7.05 Å². The summed E-state index contributed by atoms with van der Waals surface area (Å²) in [6, 6.07) is 3.30. The number of aromatic nitrogens is 2. The third-order valence-electron chi connectivity index (χ3n) is 2.93. The number of hydrogen-bond donors (Lipinski definition) is 1. The highest BCUT2D eigenvalue weighted by molar-refractivity contribution is 7.05. The molecule has 0 aliphatic heterocycles. The van der Waals surface area contributed by atoms with Crippen LogP contribution in [0.15, 0.2) is 18.2 Å². The molecule has 1 unspecified atom stereocenters. The van der Waals surface area contributed by atoms with Gasteiger partial charge in [0, 0.05) is 5.56 Å². The van der Waals surface area contributed by atoms with E-state index in [1.165, 1.54) is 29.7 Å². The second kappa shape index (κ2) is 5.71. The Morgan fingerprint density at radius 3 is 2.37 bits per heavy atom. The average Bonchev–Trinajstić information content (AvgIpc) is 2.83. The fourth-order valence-electron chi connectivity index (χ4n) is 2.00. The van der Waals surface area contributed by atoms with Gasteiger partial charge in [-0.1, -0.05) is 24.4 Å².